The lowest BCUT2D eigenvalue weighted by atomic mass is 10.0. The highest BCUT2D eigenvalue weighted by Crippen LogP contribution is 2.25. The summed E-state index contributed by atoms with van der Waals surface area (Å²) in [5, 5.41) is 2.94. The zero-order chi connectivity index (χ0) is 14.4. The normalized spacial score (nSPS) is 11.4. The van der Waals surface area contributed by atoms with Crippen LogP contribution in [0, 0.1) is 0 Å². The van der Waals surface area contributed by atoms with Gasteiger partial charge in [-0.1, -0.05) is 42.5 Å². The molecule has 0 spiro atoms. The predicted molar refractivity (Wildman–Crippen MR) is 79.8 cm³/mol. The maximum atomic E-state index is 12.2. The van der Waals surface area contributed by atoms with E-state index in [1.807, 2.05) is 42.5 Å². The minimum absolute atomic E-state index is 0.138. The number of carbonyl (C=O) groups is 1. The maximum Gasteiger partial charge on any atom is 0.252 e. The Kier molecular flexibility index (Phi) is 4.56. The number of ether oxygens (including phenoxy) is 1. The van der Waals surface area contributed by atoms with Crippen LogP contribution in [-0.4, -0.2) is 13.0 Å². The second-order valence-corrected chi connectivity index (χ2v) is 4.29. The summed E-state index contributed by atoms with van der Waals surface area (Å²) in [5.41, 5.74) is 1.50. The smallest absolute Gasteiger partial charge is 0.252 e. The van der Waals surface area contributed by atoms with Gasteiger partial charge in [-0.2, -0.15) is 0 Å². The predicted octanol–water partition coefficient (Wildman–Crippen LogP) is 3.35. The summed E-state index contributed by atoms with van der Waals surface area (Å²) in [4.78, 5) is 12.2. The van der Waals surface area contributed by atoms with E-state index in [9.17, 15) is 4.79 Å². The third-order valence-electron chi connectivity index (χ3n) is 3.03. The SMILES string of the molecule is C=C[C@H](NC(=O)c1ccccc1)c1ccccc1OC. The third kappa shape index (κ3) is 3.06. The molecule has 2 aromatic carbocycles. The van der Waals surface area contributed by atoms with Crippen molar-refractivity contribution in [3.05, 3.63) is 78.4 Å². The zero-order valence-electron chi connectivity index (χ0n) is 11.4. The minimum atomic E-state index is -0.293. The van der Waals surface area contributed by atoms with Gasteiger partial charge in [-0.05, 0) is 18.2 Å². The second kappa shape index (κ2) is 6.57. The van der Waals surface area contributed by atoms with Crippen LogP contribution in [-0.2, 0) is 0 Å². The average molecular weight is 267 g/mol. The number of hydrogen-bond donors (Lipinski definition) is 1. The van der Waals surface area contributed by atoms with Crippen molar-refractivity contribution in [1.82, 2.24) is 5.32 Å². The van der Waals surface area contributed by atoms with Crippen molar-refractivity contribution >= 4 is 5.91 Å². The van der Waals surface area contributed by atoms with Crippen molar-refractivity contribution < 1.29 is 9.53 Å². The van der Waals surface area contributed by atoms with Crippen molar-refractivity contribution in [2.75, 3.05) is 7.11 Å². The van der Waals surface area contributed by atoms with Crippen molar-refractivity contribution in [1.29, 1.82) is 0 Å². The highest BCUT2D eigenvalue weighted by molar-refractivity contribution is 5.94. The Morgan fingerprint density at radius 1 is 1.15 bits per heavy atom. The van der Waals surface area contributed by atoms with Gasteiger partial charge in [0.2, 0.25) is 0 Å². The van der Waals surface area contributed by atoms with Crippen LogP contribution in [0.15, 0.2) is 67.3 Å². The molecule has 1 atom stereocenters. The largest absolute Gasteiger partial charge is 0.496 e. The molecule has 2 aromatic rings. The Balaban J connectivity index is 2.21. The van der Waals surface area contributed by atoms with Gasteiger partial charge in [-0.25, -0.2) is 0 Å². The average Bonchev–Trinajstić information content (AvgIpc) is 2.53. The Bertz CT molecular complexity index is 593. The van der Waals surface area contributed by atoms with E-state index in [1.165, 1.54) is 0 Å². The van der Waals surface area contributed by atoms with Gasteiger partial charge in [0, 0.05) is 11.1 Å². The summed E-state index contributed by atoms with van der Waals surface area (Å²) in [5.74, 6) is 0.590. The van der Waals surface area contributed by atoms with Crippen molar-refractivity contribution in [2.24, 2.45) is 0 Å². The van der Waals surface area contributed by atoms with Crippen molar-refractivity contribution in [3.8, 4) is 5.75 Å². The Hall–Kier alpha value is -2.55. The van der Waals surface area contributed by atoms with Gasteiger partial charge in [-0.3, -0.25) is 4.79 Å². The van der Waals surface area contributed by atoms with Gasteiger partial charge >= 0.3 is 0 Å². The molecule has 0 heterocycles. The Morgan fingerprint density at radius 2 is 1.80 bits per heavy atom. The first kappa shape index (κ1) is 13.9. The molecule has 2 rings (SSSR count). The molecule has 0 unspecified atom stereocenters. The first-order chi connectivity index (χ1) is 9.76. The van der Waals surface area contributed by atoms with Gasteiger partial charge in [0.1, 0.15) is 5.75 Å². The fourth-order valence-corrected chi connectivity index (χ4v) is 2.00. The van der Waals surface area contributed by atoms with Crippen LogP contribution in [0.5, 0.6) is 5.75 Å². The number of para-hydroxylation sites is 1. The van der Waals surface area contributed by atoms with Crippen LogP contribution < -0.4 is 10.1 Å². The highest BCUT2D eigenvalue weighted by Gasteiger charge is 2.15. The van der Waals surface area contributed by atoms with Gasteiger partial charge in [0.05, 0.1) is 13.2 Å². The lowest BCUT2D eigenvalue weighted by Crippen LogP contribution is -2.27. The maximum absolute atomic E-state index is 12.2. The molecule has 0 bridgehead atoms. The van der Waals surface area contributed by atoms with E-state index in [4.69, 9.17) is 4.74 Å². The van der Waals surface area contributed by atoms with Crippen LogP contribution in [0.2, 0.25) is 0 Å². The van der Waals surface area contributed by atoms with E-state index in [-0.39, 0.29) is 11.9 Å². The molecule has 0 fully saturated rings. The second-order valence-electron chi connectivity index (χ2n) is 4.29. The molecule has 0 aromatic heterocycles. The zero-order valence-corrected chi connectivity index (χ0v) is 11.4. The van der Waals surface area contributed by atoms with Gasteiger partial charge in [0.25, 0.3) is 5.91 Å². The molecule has 0 aliphatic rings. The van der Waals surface area contributed by atoms with Gasteiger partial charge < -0.3 is 10.1 Å². The molecule has 0 radical (unpaired) electrons. The number of rotatable bonds is 5. The van der Waals surface area contributed by atoms with Crippen LogP contribution in [0.25, 0.3) is 0 Å². The number of nitrogens with one attached hydrogen (secondary N) is 1. The Labute approximate surface area is 118 Å². The van der Waals surface area contributed by atoms with Crippen LogP contribution >= 0.6 is 0 Å². The molecule has 3 heteroatoms. The minimum Gasteiger partial charge on any atom is -0.496 e. The summed E-state index contributed by atoms with van der Waals surface area (Å²) in [6.07, 6.45) is 1.69. The molecule has 0 saturated heterocycles. The molecule has 20 heavy (non-hydrogen) atoms. The van der Waals surface area contributed by atoms with Gasteiger partial charge in [-0.15, -0.1) is 6.58 Å². The summed E-state index contributed by atoms with van der Waals surface area (Å²) in [6.45, 7) is 3.79. The topological polar surface area (TPSA) is 38.3 Å². The van der Waals surface area contributed by atoms with E-state index in [2.05, 4.69) is 11.9 Å². The fraction of sp³-hybridized carbons (Fsp3) is 0.118. The number of benzene rings is 2. The van der Waals surface area contributed by atoms with E-state index in [1.54, 1.807) is 25.3 Å². The number of methoxy groups -OCH3 is 1. The lowest BCUT2D eigenvalue weighted by Gasteiger charge is -2.18. The first-order valence-corrected chi connectivity index (χ1v) is 6.37. The molecule has 0 saturated carbocycles. The summed E-state index contributed by atoms with van der Waals surface area (Å²) < 4.78 is 5.32. The molecule has 0 aliphatic heterocycles. The third-order valence-corrected chi connectivity index (χ3v) is 3.03. The van der Waals surface area contributed by atoms with E-state index in [0.717, 1.165) is 11.3 Å². The monoisotopic (exact) mass is 267 g/mol. The van der Waals surface area contributed by atoms with E-state index in [0.29, 0.717) is 5.56 Å². The Morgan fingerprint density at radius 3 is 2.45 bits per heavy atom. The molecule has 3 nitrogen and oxygen atoms in total. The van der Waals surface area contributed by atoms with Crippen molar-refractivity contribution in [3.63, 3.8) is 0 Å². The molecular formula is C17H17NO2. The number of hydrogen-bond acceptors (Lipinski definition) is 2. The molecular weight excluding hydrogens is 250 g/mol. The van der Waals surface area contributed by atoms with E-state index < -0.39 is 0 Å². The molecule has 1 amide bonds. The number of carbonyl (C=O) groups excluding carboxylic acids is 1. The quantitative estimate of drug-likeness (QED) is 0.844. The highest BCUT2D eigenvalue weighted by atomic mass is 16.5. The summed E-state index contributed by atoms with van der Waals surface area (Å²) in [7, 11) is 1.61. The summed E-state index contributed by atoms with van der Waals surface area (Å²) >= 11 is 0. The van der Waals surface area contributed by atoms with Crippen LogP contribution in [0.1, 0.15) is 22.0 Å². The fourth-order valence-electron chi connectivity index (χ4n) is 2.00. The van der Waals surface area contributed by atoms with Gasteiger partial charge in [0.15, 0.2) is 0 Å². The first-order valence-electron chi connectivity index (χ1n) is 6.37. The van der Waals surface area contributed by atoms with Crippen molar-refractivity contribution in [2.45, 2.75) is 6.04 Å². The molecule has 1 N–H and O–H groups in total. The van der Waals surface area contributed by atoms with E-state index >= 15 is 0 Å². The van der Waals surface area contributed by atoms with Crippen LogP contribution in [0.3, 0.4) is 0 Å². The summed E-state index contributed by atoms with van der Waals surface area (Å²) in [6, 6.07) is 16.4. The molecule has 102 valence electrons. The number of amides is 1. The lowest BCUT2D eigenvalue weighted by molar-refractivity contribution is 0.0944. The molecule has 0 aliphatic carbocycles. The van der Waals surface area contributed by atoms with Crippen LogP contribution in [0.4, 0.5) is 0 Å². The standard InChI is InChI=1S/C17H17NO2/c1-3-15(14-11-7-8-12-16(14)20-2)18-17(19)13-9-5-4-6-10-13/h3-12,15H,1H2,2H3,(H,18,19)/t15-/m0/s1.